The van der Waals surface area contributed by atoms with Crippen LogP contribution in [0.4, 0.5) is 0 Å². The molecule has 0 saturated carbocycles. The van der Waals surface area contributed by atoms with Crippen LogP contribution in [0.2, 0.25) is 0 Å². The SMILES string of the molecule is CC(=O)N1CCN(C(=O)/C(C#N)=C\NCCc2ccccc2Br)CC1. The maximum absolute atomic E-state index is 12.4. The summed E-state index contributed by atoms with van der Waals surface area (Å²) in [4.78, 5) is 27.1. The molecule has 0 atom stereocenters. The van der Waals surface area contributed by atoms with Crippen molar-refractivity contribution in [3.05, 3.63) is 46.1 Å². The average molecular weight is 405 g/mol. The summed E-state index contributed by atoms with van der Waals surface area (Å²) in [6.45, 7) is 4.07. The van der Waals surface area contributed by atoms with Crippen LogP contribution in [-0.2, 0) is 16.0 Å². The number of amides is 2. The number of halogens is 1. The zero-order valence-electron chi connectivity index (χ0n) is 14.2. The third-order valence-corrected chi connectivity index (χ3v) is 4.88. The molecule has 0 radical (unpaired) electrons. The second-order valence-electron chi connectivity index (χ2n) is 5.76. The summed E-state index contributed by atoms with van der Waals surface area (Å²) in [7, 11) is 0. The van der Waals surface area contributed by atoms with E-state index >= 15 is 0 Å². The Bertz CT molecular complexity index is 703. The number of nitrogens with one attached hydrogen (secondary N) is 1. The molecule has 1 aromatic carbocycles. The summed E-state index contributed by atoms with van der Waals surface area (Å²) in [5.41, 5.74) is 1.25. The Labute approximate surface area is 156 Å². The van der Waals surface area contributed by atoms with Crippen LogP contribution in [0.15, 0.2) is 40.5 Å². The molecule has 0 bridgehead atoms. The highest BCUT2D eigenvalue weighted by Gasteiger charge is 2.24. The first-order chi connectivity index (χ1) is 12.0. The van der Waals surface area contributed by atoms with Crippen molar-refractivity contribution in [2.45, 2.75) is 13.3 Å². The van der Waals surface area contributed by atoms with Gasteiger partial charge in [-0.05, 0) is 18.1 Å². The van der Waals surface area contributed by atoms with Crippen LogP contribution in [0.5, 0.6) is 0 Å². The first-order valence-corrected chi connectivity index (χ1v) is 8.94. The number of hydrogen-bond donors (Lipinski definition) is 1. The van der Waals surface area contributed by atoms with Gasteiger partial charge in [0.15, 0.2) is 0 Å². The topological polar surface area (TPSA) is 76.4 Å². The first-order valence-electron chi connectivity index (χ1n) is 8.14. The number of carbonyl (C=O) groups excluding carboxylic acids is 2. The molecule has 0 aliphatic carbocycles. The maximum atomic E-state index is 12.4. The molecule has 2 amide bonds. The van der Waals surface area contributed by atoms with E-state index < -0.39 is 0 Å². The number of rotatable bonds is 5. The van der Waals surface area contributed by atoms with Crippen LogP contribution in [-0.4, -0.2) is 54.3 Å². The van der Waals surface area contributed by atoms with Gasteiger partial charge in [0, 0.05) is 50.3 Å². The van der Waals surface area contributed by atoms with Gasteiger partial charge in [0.2, 0.25) is 5.91 Å². The molecule has 1 aliphatic rings. The number of piperazine rings is 1. The van der Waals surface area contributed by atoms with Gasteiger partial charge in [-0.2, -0.15) is 5.26 Å². The number of carbonyl (C=O) groups is 2. The van der Waals surface area contributed by atoms with Crippen molar-refractivity contribution in [1.29, 1.82) is 5.26 Å². The second-order valence-corrected chi connectivity index (χ2v) is 6.62. The molecule has 1 fully saturated rings. The van der Waals surface area contributed by atoms with Gasteiger partial charge in [-0.25, -0.2) is 0 Å². The van der Waals surface area contributed by atoms with Crippen molar-refractivity contribution >= 4 is 27.7 Å². The molecule has 1 N–H and O–H groups in total. The molecule has 2 rings (SSSR count). The van der Waals surface area contributed by atoms with Gasteiger partial charge in [-0.1, -0.05) is 34.1 Å². The molecule has 0 aromatic heterocycles. The molecular weight excluding hydrogens is 384 g/mol. The highest BCUT2D eigenvalue weighted by atomic mass is 79.9. The third kappa shape index (κ3) is 5.33. The lowest BCUT2D eigenvalue weighted by atomic mass is 10.1. The van der Waals surface area contributed by atoms with E-state index in [0.29, 0.717) is 32.7 Å². The summed E-state index contributed by atoms with van der Waals surface area (Å²) in [5.74, 6) is -0.281. The highest BCUT2D eigenvalue weighted by molar-refractivity contribution is 9.10. The van der Waals surface area contributed by atoms with E-state index in [0.717, 1.165) is 16.5 Å². The lowest BCUT2D eigenvalue weighted by Crippen LogP contribution is -2.50. The molecule has 0 unspecified atom stereocenters. The minimum absolute atomic E-state index is 0.0110. The smallest absolute Gasteiger partial charge is 0.266 e. The van der Waals surface area contributed by atoms with Crippen molar-refractivity contribution in [3.63, 3.8) is 0 Å². The normalized spacial score (nSPS) is 14.8. The standard InChI is InChI=1S/C18H21BrN4O2/c1-14(24)22-8-10-23(11-9-22)18(25)16(12-20)13-21-7-6-15-4-2-3-5-17(15)19/h2-5,13,21H,6-11H2,1H3/b16-13-. The molecule has 0 spiro atoms. The molecule has 1 saturated heterocycles. The van der Waals surface area contributed by atoms with Crippen LogP contribution >= 0.6 is 15.9 Å². The van der Waals surface area contributed by atoms with Crippen LogP contribution in [0.3, 0.4) is 0 Å². The van der Waals surface area contributed by atoms with E-state index in [9.17, 15) is 14.9 Å². The molecule has 1 aromatic rings. The van der Waals surface area contributed by atoms with Crippen LogP contribution in [0.25, 0.3) is 0 Å². The minimum Gasteiger partial charge on any atom is -0.389 e. The predicted molar refractivity (Wildman–Crippen MR) is 98.4 cm³/mol. The van der Waals surface area contributed by atoms with Crippen LogP contribution in [0, 0.1) is 11.3 Å². The lowest BCUT2D eigenvalue weighted by molar-refractivity contribution is -0.136. The zero-order chi connectivity index (χ0) is 18.2. The summed E-state index contributed by atoms with van der Waals surface area (Å²) < 4.78 is 1.04. The van der Waals surface area contributed by atoms with E-state index in [2.05, 4.69) is 21.2 Å². The fraction of sp³-hybridized carbons (Fsp3) is 0.389. The van der Waals surface area contributed by atoms with E-state index in [1.54, 1.807) is 9.80 Å². The summed E-state index contributed by atoms with van der Waals surface area (Å²) in [5, 5.41) is 12.3. The fourth-order valence-corrected chi connectivity index (χ4v) is 3.10. The van der Waals surface area contributed by atoms with Crippen LogP contribution in [0.1, 0.15) is 12.5 Å². The minimum atomic E-state index is -0.293. The summed E-state index contributed by atoms with van der Waals surface area (Å²) in [6.07, 6.45) is 2.26. The average Bonchev–Trinajstić information content (AvgIpc) is 2.63. The van der Waals surface area contributed by atoms with Gasteiger partial charge in [-0.3, -0.25) is 9.59 Å². The Morgan fingerprint density at radius 2 is 1.88 bits per heavy atom. The summed E-state index contributed by atoms with van der Waals surface area (Å²) >= 11 is 3.50. The quantitative estimate of drug-likeness (QED) is 0.460. The monoisotopic (exact) mass is 404 g/mol. The Balaban J connectivity index is 1.85. The van der Waals surface area contributed by atoms with Gasteiger partial charge in [0.05, 0.1) is 0 Å². The molecule has 25 heavy (non-hydrogen) atoms. The van der Waals surface area contributed by atoms with Crippen molar-refractivity contribution in [2.75, 3.05) is 32.7 Å². The van der Waals surface area contributed by atoms with E-state index in [1.807, 2.05) is 30.3 Å². The summed E-state index contributed by atoms with van der Waals surface area (Å²) in [6, 6.07) is 9.90. The third-order valence-electron chi connectivity index (χ3n) is 4.11. The Hall–Kier alpha value is -2.33. The predicted octanol–water partition coefficient (Wildman–Crippen LogP) is 1.68. The Morgan fingerprint density at radius 3 is 2.48 bits per heavy atom. The van der Waals surface area contributed by atoms with Crippen molar-refractivity contribution in [1.82, 2.24) is 15.1 Å². The maximum Gasteiger partial charge on any atom is 0.266 e. The fourth-order valence-electron chi connectivity index (χ4n) is 2.62. The Kier molecular flexibility index (Phi) is 7.02. The molecular formula is C18H21BrN4O2. The lowest BCUT2D eigenvalue weighted by Gasteiger charge is -2.34. The molecule has 132 valence electrons. The van der Waals surface area contributed by atoms with Gasteiger partial charge in [-0.15, -0.1) is 0 Å². The number of hydrogen-bond acceptors (Lipinski definition) is 4. The molecule has 1 heterocycles. The molecule has 7 heteroatoms. The second kappa shape index (κ2) is 9.23. The first kappa shape index (κ1) is 19.0. The van der Waals surface area contributed by atoms with E-state index in [1.165, 1.54) is 13.1 Å². The Morgan fingerprint density at radius 1 is 1.24 bits per heavy atom. The highest BCUT2D eigenvalue weighted by Crippen LogP contribution is 2.15. The largest absolute Gasteiger partial charge is 0.389 e. The van der Waals surface area contributed by atoms with Gasteiger partial charge >= 0.3 is 0 Å². The van der Waals surface area contributed by atoms with E-state index in [4.69, 9.17) is 0 Å². The van der Waals surface area contributed by atoms with Crippen molar-refractivity contribution in [2.24, 2.45) is 0 Å². The number of nitriles is 1. The zero-order valence-corrected chi connectivity index (χ0v) is 15.8. The molecule has 6 nitrogen and oxygen atoms in total. The number of nitrogens with zero attached hydrogens (tertiary/aromatic N) is 3. The van der Waals surface area contributed by atoms with Gasteiger partial charge < -0.3 is 15.1 Å². The van der Waals surface area contributed by atoms with Crippen LogP contribution < -0.4 is 5.32 Å². The van der Waals surface area contributed by atoms with E-state index in [-0.39, 0.29) is 17.4 Å². The van der Waals surface area contributed by atoms with Crippen molar-refractivity contribution < 1.29 is 9.59 Å². The van der Waals surface area contributed by atoms with Gasteiger partial charge in [0.25, 0.3) is 5.91 Å². The van der Waals surface area contributed by atoms with Gasteiger partial charge in [0.1, 0.15) is 11.6 Å². The van der Waals surface area contributed by atoms with Crippen molar-refractivity contribution in [3.8, 4) is 6.07 Å². The molecule has 1 aliphatic heterocycles. The number of benzene rings is 1.